The van der Waals surface area contributed by atoms with Gasteiger partial charge >= 0.3 is 0 Å². The normalized spacial score (nSPS) is 10.9. The fraction of sp³-hybridized carbons (Fsp3) is 0.357. The van der Waals surface area contributed by atoms with E-state index < -0.39 is 0 Å². The number of nitrogens with two attached hydrogens (primary N) is 1. The van der Waals surface area contributed by atoms with Gasteiger partial charge < -0.3 is 10.5 Å². The number of rotatable bonds is 4. The molecule has 2 aromatic rings. The third-order valence-corrected chi connectivity index (χ3v) is 3.77. The van der Waals surface area contributed by atoms with E-state index in [1.807, 2.05) is 5.38 Å². The molecular formula is C14H18N2OS. The van der Waals surface area contributed by atoms with E-state index in [2.05, 4.69) is 37.0 Å². The number of nitrogens with zero attached hydrogens (tertiary/aromatic N) is 1. The van der Waals surface area contributed by atoms with E-state index in [1.165, 1.54) is 5.56 Å². The summed E-state index contributed by atoms with van der Waals surface area (Å²) in [7, 11) is 1.69. The molecule has 1 aromatic carbocycles. The van der Waals surface area contributed by atoms with Gasteiger partial charge in [0.25, 0.3) is 0 Å². The molecule has 2 rings (SSSR count). The van der Waals surface area contributed by atoms with Crippen LogP contribution in [0.15, 0.2) is 23.6 Å². The van der Waals surface area contributed by atoms with Crippen LogP contribution in [-0.2, 0) is 6.54 Å². The highest BCUT2D eigenvalue weighted by molar-refractivity contribution is 7.09. The summed E-state index contributed by atoms with van der Waals surface area (Å²) in [6.45, 7) is 4.82. The molecule has 0 atom stereocenters. The molecule has 3 nitrogen and oxygen atoms in total. The van der Waals surface area contributed by atoms with Crippen molar-refractivity contribution < 1.29 is 4.74 Å². The number of aromatic nitrogens is 1. The van der Waals surface area contributed by atoms with Crippen molar-refractivity contribution in [3.05, 3.63) is 34.2 Å². The van der Waals surface area contributed by atoms with Gasteiger partial charge in [0.05, 0.1) is 12.8 Å². The zero-order valence-corrected chi connectivity index (χ0v) is 11.8. The minimum absolute atomic E-state index is 0.483. The van der Waals surface area contributed by atoms with E-state index in [0.717, 1.165) is 22.0 Å². The lowest BCUT2D eigenvalue weighted by molar-refractivity contribution is 0.415. The second kappa shape index (κ2) is 5.50. The monoisotopic (exact) mass is 262 g/mol. The molecule has 0 aliphatic carbocycles. The Hall–Kier alpha value is -1.39. The highest BCUT2D eigenvalue weighted by Crippen LogP contribution is 2.33. The zero-order chi connectivity index (χ0) is 13.1. The highest BCUT2D eigenvalue weighted by atomic mass is 32.1. The van der Waals surface area contributed by atoms with Gasteiger partial charge in [-0.2, -0.15) is 0 Å². The first kappa shape index (κ1) is 13.1. The number of benzene rings is 1. The van der Waals surface area contributed by atoms with Crippen LogP contribution in [-0.4, -0.2) is 12.1 Å². The first-order chi connectivity index (χ1) is 8.65. The molecule has 4 heteroatoms. The summed E-state index contributed by atoms with van der Waals surface area (Å²) in [4.78, 5) is 4.50. The van der Waals surface area contributed by atoms with Crippen molar-refractivity contribution in [1.82, 2.24) is 4.98 Å². The van der Waals surface area contributed by atoms with Crippen LogP contribution in [0.4, 0.5) is 0 Å². The van der Waals surface area contributed by atoms with E-state index in [9.17, 15) is 0 Å². The fourth-order valence-corrected chi connectivity index (χ4v) is 2.48. The molecule has 1 heterocycles. The average Bonchev–Trinajstić information content (AvgIpc) is 2.86. The van der Waals surface area contributed by atoms with Gasteiger partial charge in [-0.15, -0.1) is 11.3 Å². The van der Waals surface area contributed by atoms with Crippen LogP contribution in [0, 0.1) is 0 Å². The van der Waals surface area contributed by atoms with Crippen LogP contribution in [0.5, 0.6) is 5.75 Å². The van der Waals surface area contributed by atoms with Gasteiger partial charge in [-0.1, -0.05) is 19.9 Å². The molecular weight excluding hydrogens is 244 g/mol. The van der Waals surface area contributed by atoms with Crippen LogP contribution in [0.25, 0.3) is 11.3 Å². The van der Waals surface area contributed by atoms with Crippen molar-refractivity contribution in [2.24, 2.45) is 5.73 Å². The third kappa shape index (κ3) is 2.54. The van der Waals surface area contributed by atoms with Crippen LogP contribution in [0.1, 0.15) is 30.3 Å². The third-order valence-electron chi connectivity index (χ3n) is 2.89. The molecule has 0 aliphatic rings. The van der Waals surface area contributed by atoms with E-state index in [4.69, 9.17) is 10.5 Å². The van der Waals surface area contributed by atoms with Gasteiger partial charge in [-0.3, -0.25) is 0 Å². The highest BCUT2D eigenvalue weighted by Gasteiger charge is 2.11. The first-order valence-electron chi connectivity index (χ1n) is 5.98. The van der Waals surface area contributed by atoms with Crippen molar-refractivity contribution in [1.29, 1.82) is 0 Å². The van der Waals surface area contributed by atoms with Gasteiger partial charge in [0, 0.05) is 17.5 Å². The van der Waals surface area contributed by atoms with Crippen molar-refractivity contribution in [2.45, 2.75) is 26.3 Å². The lowest BCUT2D eigenvalue weighted by atomic mass is 10.00. The Morgan fingerprint density at radius 2 is 2.17 bits per heavy atom. The lowest BCUT2D eigenvalue weighted by Crippen LogP contribution is -1.96. The smallest absolute Gasteiger partial charge is 0.128 e. The Morgan fingerprint density at radius 3 is 2.72 bits per heavy atom. The standard InChI is InChI=1S/C14H18N2OS/c1-9(2)10-4-5-11(13(6-10)17-3)12-8-18-14(7-15)16-12/h4-6,8-9H,7,15H2,1-3H3. The largest absolute Gasteiger partial charge is 0.496 e. The first-order valence-corrected chi connectivity index (χ1v) is 6.86. The minimum atomic E-state index is 0.483. The molecule has 0 amide bonds. The molecule has 0 unspecified atom stereocenters. The van der Waals surface area contributed by atoms with Crippen molar-refractivity contribution in [2.75, 3.05) is 7.11 Å². The summed E-state index contributed by atoms with van der Waals surface area (Å²) in [5.41, 5.74) is 8.82. The van der Waals surface area contributed by atoms with Crippen molar-refractivity contribution in [3.63, 3.8) is 0 Å². The van der Waals surface area contributed by atoms with Crippen LogP contribution in [0.3, 0.4) is 0 Å². The fourth-order valence-electron chi connectivity index (χ4n) is 1.81. The second-order valence-electron chi connectivity index (χ2n) is 4.45. The Kier molecular flexibility index (Phi) is 3.99. The Labute approximate surface area is 112 Å². The van der Waals surface area contributed by atoms with Gasteiger partial charge in [0.2, 0.25) is 0 Å². The van der Waals surface area contributed by atoms with Gasteiger partial charge in [0.1, 0.15) is 10.8 Å². The quantitative estimate of drug-likeness (QED) is 0.918. The SMILES string of the molecule is COc1cc(C(C)C)ccc1-c1csc(CN)n1. The summed E-state index contributed by atoms with van der Waals surface area (Å²) < 4.78 is 5.47. The Balaban J connectivity index is 2.44. The number of hydrogen-bond donors (Lipinski definition) is 1. The van der Waals surface area contributed by atoms with Crippen molar-refractivity contribution in [3.8, 4) is 17.0 Å². The van der Waals surface area contributed by atoms with E-state index in [-0.39, 0.29) is 0 Å². The summed E-state index contributed by atoms with van der Waals surface area (Å²) in [5, 5.41) is 2.97. The Morgan fingerprint density at radius 1 is 1.39 bits per heavy atom. The van der Waals surface area contributed by atoms with Gasteiger partial charge in [-0.05, 0) is 23.6 Å². The number of hydrogen-bond acceptors (Lipinski definition) is 4. The minimum Gasteiger partial charge on any atom is -0.496 e. The zero-order valence-electron chi connectivity index (χ0n) is 10.9. The maximum Gasteiger partial charge on any atom is 0.128 e. The van der Waals surface area contributed by atoms with Gasteiger partial charge in [0.15, 0.2) is 0 Å². The predicted molar refractivity (Wildman–Crippen MR) is 76.1 cm³/mol. The summed E-state index contributed by atoms with van der Waals surface area (Å²) >= 11 is 1.58. The van der Waals surface area contributed by atoms with E-state index in [1.54, 1.807) is 18.4 Å². The number of thiazole rings is 1. The number of ether oxygens (including phenoxy) is 1. The molecule has 0 saturated heterocycles. The Bertz CT molecular complexity index is 534. The lowest BCUT2D eigenvalue weighted by Gasteiger charge is -2.11. The molecule has 0 radical (unpaired) electrons. The molecule has 0 fully saturated rings. The van der Waals surface area contributed by atoms with Crippen LogP contribution < -0.4 is 10.5 Å². The molecule has 96 valence electrons. The van der Waals surface area contributed by atoms with E-state index >= 15 is 0 Å². The van der Waals surface area contributed by atoms with Crippen LogP contribution in [0.2, 0.25) is 0 Å². The molecule has 0 bridgehead atoms. The maximum atomic E-state index is 5.59. The van der Waals surface area contributed by atoms with Crippen molar-refractivity contribution >= 4 is 11.3 Å². The number of methoxy groups -OCH3 is 1. The molecule has 2 N–H and O–H groups in total. The predicted octanol–water partition coefficient (Wildman–Crippen LogP) is 3.40. The second-order valence-corrected chi connectivity index (χ2v) is 5.39. The molecule has 0 spiro atoms. The summed E-state index contributed by atoms with van der Waals surface area (Å²) in [6.07, 6.45) is 0. The molecule has 0 saturated carbocycles. The van der Waals surface area contributed by atoms with Crippen LogP contribution >= 0.6 is 11.3 Å². The molecule has 18 heavy (non-hydrogen) atoms. The van der Waals surface area contributed by atoms with Gasteiger partial charge in [-0.25, -0.2) is 4.98 Å². The molecule has 1 aromatic heterocycles. The summed E-state index contributed by atoms with van der Waals surface area (Å²) in [6, 6.07) is 6.29. The maximum absolute atomic E-state index is 5.59. The van der Waals surface area contributed by atoms with E-state index in [0.29, 0.717) is 12.5 Å². The topological polar surface area (TPSA) is 48.1 Å². The summed E-state index contributed by atoms with van der Waals surface area (Å²) in [5.74, 6) is 1.36. The molecule has 0 aliphatic heterocycles. The average molecular weight is 262 g/mol.